The summed E-state index contributed by atoms with van der Waals surface area (Å²) >= 11 is 0. The Bertz CT molecular complexity index is 727. The molecule has 2 aromatic carbocycles. The molecule has 1 aliphatic heterocycles. The van der Waals surface area contributed by atoms with Gasteiger partial charge in [0.25, 0.3) is 0 Å². The summed E-state index contributed by atoms with van der Waals surface area (Å²) < 4.78 is 0. The van der Waals surface area contributed by atoms with Gasteiger partial charge in [-0.1, -0.05) is 55.8 Å². The molecule has 2 aromatic rings. The lowest BCUT2D eigenvalue weighted by atomic mass is 9.98. The lowest BCUT2D eigenvalue weighted by molar-refractivity contribution is 0.390. The molecule has 3 rings (SSSR count). The zero-order chi connectivity index (χ0) is 14.9. The number of amidine groups is 1. The Balaban J connectivity index is 2.12. The number of benzene rings is 2. The SMILES string of the molecule is CCCC1=CC(N)=NC(N)(c2cccc3ccccc23)N1. The molecule has 0 aromatic heterocycles. The van der Waals surface area contributed by atoms with Gasteiger partial charge in [0.05, 0.1) is 0 Å². The van der Waals surface area contributed by atoms with E-state index in [2.05, 4.69) is 35.4 Å². The van der Waals surface area contributed by atoms with Crippen LogP contribution in [0.15, 0.2) is 59.2 Å². The van der Waals surface area contributed by atoms with Crippen LogP contribution in [0.5, 0.6) is 0 Å². The van der Waals surface area contributed by atoms with E-state index in [1.54, 1.807) is 0 Å². The monoisotopic (exact) mass is 280 g/mol. The van der Waals surface area contributed by atoms with Crippen molar-refractivity contribution in [2.45, 2.75) is 25.6 Å². The summed E-state index contributed by atoms with van der Waals surface area (Å²) in [6.07, 6.45) is 3.79. The van der Waals surface area contributed by atoms with Gasteiger partial charge >= 0.3 is 0 Å². The fourth-order valence-electron chi connectivity index (χ4n) is 2.81. The van der Waals surface area contributed by atoms with Crippen molar-refractivity contribution in [2.75, 3.05) is 0 Å². The number of hydrogen-bond donors (Lipinski definition) is 3. The largest absolute Gasteiger partial charge is 0.384 e. The molecule has 1 unspecified atom stereocenters. The Morgan fingerprint density at radius 3 is 2.71 bits per heavy atom. The molecule has 0 saturated heterocycles. The maximum absolute atomic E-state index is 6.54. The minimum absolute atomic E-state index is 0.465. The van der Waals surface area contributed by atoms with Crippen molar-refractivity contribution in [1.29, 1.82) is 0 Å². The van der Waals surface area contributed by atoms with Crippen molar-refractivity contribution in [1.82, 2.24) is 5.32 Å². The topological polar surface area (TPSA) is 76.4 Å². The van der Waals surface area contributed by atoms with Gasteiger partial charge in [0.2, 0.25) is 5.79 Å². The molecular weight excluding hydrogens is 260 g/mol. The molecule has 0 fully saturated rings. The second kappa shape index (κ2) is 5.22. The zero-order valence-corrected chi connectivity index (χ0v) is 12.1. The molecule has 5 N–H and O–H groups in total. The molecule has 1 aliphatic rings. The summed E-state index contributed by atoms with van der Waals surface area (Å²) in [5.74, 6) is -0.544. The Morgan fingerprint density at radius 1 is 1.14 bits per heavy atom. The van der Waals surface area contributed by atoms with Gasteiger partial charge in [-0.25, -0.2) is 4.99 Å². The third-order valence-corrected chi connectivity index (χ3v) is 3.70. The molecule has 0 aliphatic carbocycles. The van der Waals surface area contributed by atoms with E-state index >= 15 is 0 Å². The molecule has 0 amide bonds. The van der Waals surface area contributed by atoms with Crippen molar-refractivity contribution >= 4 is 16.6 Å². The smallest absolute Gasteiger partial charge is 0.211 e. The summed E-state index contributed by atoms with van der Waals surface area (Å²) in [4.78, 5) is 4.45. The molecule has 0 bridgehead atoms. The van der Waals surface area contributed by atoms with E-state index in [0.717, 1.165) is 34.9 Å². The van der Waals surface area contributed by atoms with Crippen LogP contribution in [0.3, 0.4) is 0 Å². The molecule has 108 valence electrons. The van der Waals surface area contributed by atoms with Crippen molar-refractivity contribution in [3.8, 4) is 0 Å². The van der Waals surface area contributed by atoms with Gasteiger partial charge < -0.3 is 11.1 Å². The van der Waals surface area contributed by atoms with Crippen molar-refractivity contribution in [3.05, 3.63) is 59.8 Å². The van der Waals surface area contributed by atoms with E-state index in [-0.39, 0.29) is 0 Å². The van der Waals surface area contributed by atoms with Gasteiger partial charge in [0.15, 0.2) is 0 Å². The van der Waals surface area contributed by atoms with Gasteiger partial charge in [-0.15, -0.1) is 0 Å². The maximum Gasteiger partial charge on any atom is 0.211 e. The zero-order valence-electron chi connectivity index (χ0n) is 12.1. The van der Waals surface area contributed by atoms with Crippen molar-refractivity contribution in [2.24, 2.45) is 16.5 Å². The Hall–Kier alpha value is -2.33. The molecule has 0 radical (unpaired) electrons. The first-order chi connectivity index (χ1) is 10.1. The lowest BCUT2D eigenvalue weighted by Crippen LogP contribution is -2.51. The summed E-state index contributed by atoms with van der Waals surface area (Å²) in [5.41, 5.74) is 14.5. The molecule has 21 heavy (non-hydrogen) atoms. The van der Waals surface area contributed by atoms with Crippen LogP contribution in [-0.4, -0.2) is 5.84 Å². The highest BCUT2D eigenvalue weighted by atomic mass is 15.3. The number of nitrogens with two attached hydrogens (primary N) is 2. The molecule has 1 heterocycles. The Labute approximate surface area is 124 Å². The van der Waals surface area contributed by atoms with E-state index in [0.29, 0.717) is 5.84 Å². The fraction of sp³-hybridized carbons (Fsp3) is 0.235. The van der Waals surface area contributed by atoms with Crippen LogP contribution in [0.25, 0.3) is 10.8 Å². The van der Waals surface area contributed by atoms with Gasteiger partial charge in [-0.2, -0.15) is 0 Å². The Kier molecular flexibility index (Phi) is 3.39. The second-order valence-electron chi connectivity index (χ2n) is 5.37. The first-order valence-corrected chi connectivity index (χ1v) is 7.23. The molecular formula is C17H20N4. The third-order valence-electron chi connectivity index (χ3n) is 3.70. The van der Waals surface area contributed by atoms with E-state index < -0.39 is 5.79 Å². The molecule has 1 atom stereocenters. The predicted molar refractivity (Wildman–Crippen MR) is 87.6 cm³/mol. The van der Waals surface area contributed by atoms with Gasteiger partial charge in [0, 0.05) is 11.3 Å². The maximum atomic E-state index is 6.54. The first-order valence-electron chi connectivity index (χ1n) is 7.23. The minimum Gasteiger partial charge on any atom is -0.384 e. The summed E-state index contributed by atoms with van der Waals surface area (Å²) in [6, 6.07) is 14.2. The minimum atomic E-state index is -1.01. The highest BCUT2D eigenvalue weighted by molar-refractivity contribution is 5.94. The fourth-order valence-corrected chi connectivity index (χ4v) is 2.81. The number of fused-ring (bicyclic) bond motifs is 1. The second-order valence-corrected chi connectivity index (χ2v) is 5.37. The normalized spacial score (nSPS) is 21.6. The standard InChI is InChI=1S/C17H20N4/c1-2-6-13-11-16(18)21-17(19,20-13)15-10-5-8-12-7-3-4-9-14(12)15/h3-5,7-11,20H,2,6,19H2,1H3,(H2,18,21). The van der Waals surface area contributed by atoms with Crippen LogP contribution in [0, 0.1) is 0 Å². The molecule has 4 heteroatoms. The number of allylic oxidation sites excluding steroid dienone is 1. The quantitative estimate of drug-likeness (QED) is 0.808. The van der Waals surface area contributed by atoms with Gasteiger partial charge in [-0.05, 0) is 23.3 Å². The van der Waals surface area contributed by atoms with E-state index in [1.807, 2.05) is 30.3 Å². The van der Waals surface area contributed by atoms with E-state index in [4.69, 9.17) is 11.5 Å². The Morgan fingerprint density at radius 2 is 1.90 bits per heavy atom. The lowest BCUT2D eigenvalue weighted by Gasteiger charge is -2.33. The van der Waals surface area contributed by atoms with Crippen LogP contribution in [0.1, 0.15) is 25.3 Å². The van der Waals surface area contributed by atoms with Crippen LogP contribution < -0.4 is 16.8 Å². The summed E-state index contributed by atoms with van der Waals surface area (Å²) in [6.45, 7) is 2.13. The number of hydrogen-bond acceptors (Lipinski definition) is 4. The van der Waals surface area contributed by atoms with Crippen LogP contribution >= 0.6 is 0 Å². The van der Waals surface area contributed by atoms with Crippen molar-refractivity contribution < 1.29 is 0 Å². The number of nitrogens with one attached hydrogen (secondary N) is 1. The molecule has 0 spiro atoms. The third kappa shape index (κ3) is 2.50. The highest BCUT2D eigenvalue weighted by Gasteiger charge is 2.31. The number of aliphatic imine (C=N–C) groups is 1. The predicted octanol–water partition coefficient (Wildman–Crippen LogP) is 2.55. The van der Waals surface area contributed by atoms with Gasteiger partial charge in [-0.3, -0.25) is 5.73 Å². The van der Waals surface area contributed by atoms with E-state index in [1.165, 1.54) is 0 Å². The van der Waals surface area contributed by atoms with Crippen molar-refractivity contribution in [3.63, 3.8) is 0 Å². The van der Waals surface area contributed by atoms with Gasteiger partial charge in [0.1, 0.15) is 5.84 Å². The summed E-state index contributed by atoms with van der Waals surface area (Å²) in [7, 11) is 0. The molecule has 4 nitrogen and oxygen atoms in total. The average molecular weight is 280 g/mol. The van der Waals surface area contributed by atoms with Crippen LogP contribution in [-0.2, 0) is 5.79 Å². The highest BCUT2D eigenvalue weighted by Crippen LogP contribution is 2.29. The summed E-state index contributed by atoms with van der Waals surface area (Å²) in [5, 5.41) is 5.57. The number of nitrogens with zero attached hydrogens (tertiary/aromatic N) is 1. The van der Waals surface area contributed by atoms with E-state index in [9.17, 15) is 0 Å². The first kappa shape index (κ1) is 13.6. The average Bonchev–Trinajstić information content (AvgIpc) is 2.46. The van der Waals surface area contributed by atoms with Crippen LogP contribution in [0.4, 0.5) is 0 Å². The molecule has 0 saturated carbocycles. The number of rotatable bonds is 3. The van der Waals surface area contributed by atoms with Crippen LogP contribution in [0.2, 0.25) is 0 Å².